The van der Waals surface area contributed by atoms with Gasteiger partial charge in [0.25, 0.3) is 0 Å². The van der Waals surface area contributed by atoms with Gasteiger partial charge < -0.3 is 14.8 Å². The van der Waals surface area contributed by atoms with Crippen molar-refractivity contribution in [2.45, 2.75) is 5.88 Å². The minimum atomic E-state index is -1.05. The van der Waals surface area contributed by atoms with Crippen LogP contribution in [0.2, 0.25) is 0 Å². The van der Waals surface area contributed by atoms with Gasteiger partial charge in [-0.3, -0.25) is 0 Å². The van der Waals surface area contributed by atoms with E-state index in [1.54, 1.807) is 12.1 Å². The molecule has 0 saturated carbocycles. The number of aromatic nitrogens is 1. The number of rotatable bonds is 3. The maximum Gasteiger partial charge on any atom is 0.338 e. The van der Waals surface area contributed by atoms with Crippen molar-refractivity contribution in [1.29, 1.82) is 0 Å². The van der Waals surface area contributed by atoms with Crippen LogP contribution in [0.1, 0.15) is 26.4 Å². The number of carboxylic acid groups (broad SMARTS) is 1. The molecule has 0 spiro atoms. The second-order valence-electron chi connectivity index (χ2n) is 3.67. The maximum atomic E-state index is 11.4. The first-order valence-electron chi connectivity index (χ1n) is 5.10. The number of carbonyl (C=O) groups is 2. The van der Waals surface area contributed by atoms with Gasteiger partial charge in [-0.2, -0.15) is 0 Å². The number of aromatic carboxylic acids is 1. The average molecular weight is 268 g/mol. The van der Waals surface area contributed by atoms with Crippen LogP contribution in [0, 0.1) is 0 Å². The minimum absolute atomic E-state index is 0.0594. The number of alkyl halides is 1. The molecule has 0 bridgehead atoms. The molecular weight excluding hydrogens is 258 g/mol. The Kier molecular flexibility index (Phi) is 3.25. The maximum absolute atomic E-state index is 11.4. The number of methoxy groups -OCH3 is 1. The van der Waals surface area contributed by atoms with Crippen molar-refractivity contribution in [3.05, 3.63) is 35.0 Å². The molecule has 0 fully saturated rings. The minimum Gasteiger partial charge on any atom is -0.478 e. The van der Waals surface area contributed by atoms with Crippen molar-refractivity contribution < 1.29 is 19.4 Å². The summed E-state index contributed by atoms with van der Waals surface area (Å²) in [6.07, 6.45) is 0. The molecule has 94 valence electrons. The number of benzene rings is 1. The summed E-state index contributed by atoms with van der Waals surface area (Å²) in [7, 11) is 1.29. The third kappa shape index (κ3) is 1.93. The van der Waals surface area contributed by atoms with Crippen LogP contribution in [0.3, 0.4) is 0 Å². The van der Waals surface area contributed by atoms with Gasteiger partial charge in [0.1, 0.15) is 0 Å². The quantitative estimate of drug-likeness (QED) is 0.661. The van der Waals surface area contributed by atoms with E-state index in [4.69, 9.17) is 16.7 Å². The number of ether oxygens (including phenoxy) is 1. The highest BCUT2D eigenvalue weighted by Crippen LogP contribution is 2.25. The number of esters is 1. The molecule has 1 heterocycles. The third-order valence-electron chi connectivity index (χ3n) is 2.64. The number of hydrogen-bond donors (Lipinski definition) is 2. The highest BCUT2D eigenvalue weighted by Gasteiger charge is 2.18. The van der Waals surface area contributed by atoms with Crippen molar-refractivity contribution >= 4 is 34.4 Å². The summed E-state index contributed by atoms with van der Waals surface area (Å²) in [5.41, 5.74) is 1.45. The van der Waals surface area contributed by atoms with Crippen LogP contribution in [0.4, 0.5) is 0 Å². The molecule has 0 saturated heterocycles. The summed E-state index contributed by atoms with van der Waals surface area (Å²) in [5.74, 6) is -1.47. The molecule has 2 aromatic rings. The molecule has 0 amide bonds. The second kappa shape index (κ2) is 4.70. The van der Waals surface area contributed by atoms with Crippen molar-refractivity contribution in [2.75, 3.05) is 7.11 Å². The van der Waals surface area contributed by atoms with Crippen LogP contribution in [0.15, 0.2) is 18.2 Å². The van der Waals surface area contributed by atoms with Crippen molar-refractivity contribution in [3.8, 4) is 0 Å². The Labute approximate surface area is 107 Å². The van der Waals surface area contributed by atoms with Crippen LogP contribution >= 0.6 is 11.6 Å². The Bertz CT molecular complexity index is 632. The number of nitrogens with one attached hydrogen (secondary N) is 1. The number of aromatic amines is 1. The van der Waals surface area contributed by atoms with E-state index in [1.807, 2.05) is 0 Å². The fraction of sp³-hybridized carbons (Fsp3) is 0.167. The van der Waals surface area contributed by atoms with Crippen LogP contribution < -0.4 is 0 Å². The second-order valence-corrected chi connectivity index (χ2v) is 3.94. The Morgan fingerprint density at radius 3 is 2.72 bits per heavy atom. The lowest BCUT2D eigenvalue weighted by Gasteiger charge is -1.99. The standard InChI is InChI=1S/C12H10ClNO4/c1-18-12(17)6-2-3-7-8(4-6)14-9(5-13)10(7)11(15)16/h2-4,14H,5H2,1H3,(H,15,16). The van der Waals surface area contributed by atoms with E-state index in [0.29, 0.717) is 22.2 Å². The zero-order valence-electron chi connectivity index (χ0n) is 9.49. The number of carboxylic acids is 1. The molecule has 2 rings (SSSR count). The van der Waals surface area contributed by atoms with Crippen LogP contribution in [-0.2, 0) is 10.6 Å². The van der Waals surface area contributed by atoms with Gasteiger partial charge in [0.05, 0.1) is 24.1 Å². The molecule has 1 aromatic heterocycles. The first-order valence-corrected chi connectivity index (χ1v) is 5.64. The molecule has 0 aliphatic carbocycles. The molecule has 5 nitrogen and oxygen atoms in total. The molecule has 0 unspecified atom stereocenters. The smallest absolute Gasteiger partial charge is 0.338 e. The topological polar surface area (TPSA) is 79.4 Å². The molecular formula is C12H10ClNO4. The lowest BCUT2D eigenvalue weighted by atomic mass is 10.1. The van der Waals surface area contributed by atoms with Gasteiger partial charge >= 0.3 is 11.9 Å². The number of fused-ring (bicyclic) bond motifs is 1. The van der Waals surface area contributed by atoms with Gasteiger partial charge in [-0.05, 0) is 12.1 Å². The van der Waals surface area contributed by atoms with Gasteiger partial charge in [0.15, 0.2) is 0 Å². The summed E-state index contributed by atoms with van der Waals surface area (Å²) >= 11 is 5.69. The Morgan fingerprint density at radius 1 is 1.44 bits per heavy atom. The molecule has 18 heavy (non-hydrogen) atoms. The van der Waals surface area contributed by atoms with Crippen molar-refractivity contribution in [1.82, 2.24) is 4.98 Å². The Morgan fingerprint density at radius 2 is 2.17 bits per heavy atom. The fourth-order valence-corrected chi connectivity index (χ4v) is 2.04. The predicted octanol–water partition coefficient (Wildman–Crippen LogP) is 2.39. The molecule has 0 aliphatic rings. The molecule has 1 aromatic carbocycles. The number of halogens is 1. The molecule has 0 radical (unpaired) electrons. The summed E-state index contributed by atoms with van der Waals surface area (Å²) in [6, 6.07) is 4.63. The zero-order chi connectivity index (χ0) is 13.3. The lowest BCUT2D eigenvalue weighted by molar-refractivity contribution is 0.0600. The van der Waals surface area contributed by atoms with Crippen LogP contribution in [0.25, 0.3) is 10.9 Å². The number of hydrogen-bond acceptors (Lipinski definition) is 3. The normalized spacial score (nSPS) is 10.6. The van der Waals surface area contributed by atoms with E-state index in [9.17, 15) is 9.59 Å². The van der Waals surface area contributed by atoms with E-state index >= 15 is 0 Å². The summed E-state index contributed by atoms with van der Waals surface area (Å²) < 4.78 is 4.60. The van der Waals surface area contributed by atoms with E-state index < -0.39 is 11.9 Å². The SMILES string of the molecule is COC(=O)c1ccc2c(C(=O)O)c(CCl)[nH]c2c1. The Hall–Kier alpha value is -2.01. The first kappa shape index (κ1) is 12.4. The Balaban J connectivity index is 2.66. The van der Waals surface area contributed by atoms with Crippen LogP contribution in [-0.4, -0.2) is 29.1 Å². The molecule has 0 atom stereocenters. The summed E-state index contributed by atoms with van der Waals surface area (Å²) in [4.78, 5) is 25.4. The van der Waals surface area contributed by atoms with E-state index in [-0.39, 0.29) is 11.4 Å². The van der Waals surface area contributed by atoms with Gasteiger partial charge in [-0.25, -0.2) is 9.59 Å². The van der Waals surface area contributed by atoms with Gasteiger partial charge in [0.2, 0.25) is 0 Å². The zero-order valence-corrected chi connectivity index (χ0v) is 10.2. The lowest BCUT2D eigenvalue weighted by Crippen LogP contribution is -2.01. The molecule has 0 aliphatic heterocycles. The van der Waals surface area contributed by atoms with E-state index in [2.05, 4.69) is 9.72 Å². The third-order valence-corrected chi connectivity index (χ3v) is 2.91. The van der Waals surface area contributed by atoms with Crippen molar-refractivity contribution in [2.24, 2.45) is 0 Å². The number of H-pyrrole nitrogens is 1. The van der Waals surface area contributed by atoms with E-state index in [0.717, 1.165) is 0 Å². The van der Waals surface area contributed by atoms with Gasteiger partial charge in [-0.15, -0.1) is 11.6 Å². The van der Waals surface area contributed by atoms with Crippen molar-refractivity contribution in [3.63, 3.8) is 0 Å². The summed E-state index contributed by atoms with van der Waals surface area (Å²) in [6.45, 7) is 0. The number of carbonyl (C=O) groups excluding carboxylic acids is 1. The molecule has 6 heteroatoms. The fourth-order valence-electron chi connectivity index (χ4n) is 1.84. The largest absolute Gasteiger partial charge is 0.478 e. The van der Waals surface area contributed by atoms with Crippen LogP contribution in [0.5, 0.6) is 0 Å². The highest BCUT2D eigenvalue weighted by molar-refractivity contribution is 6.18. The average Bonchev–Trinajstić information content (AvgIpc) is 2.74. The molecule has 2 N–H and O–H groups in total. The van der Waals surface area contributed by atoms with Gasteiger partial charge in [-0.1, -0.05) is 6.07 Å². The van der Waals surface area contributed by atoms with Gasteiger partial charge in [0, 0.05) is 16.6 Å². The highest BCUT2D eigenvalue weighted by atomic mass is 35.5. The van der Waals surface area contributed by atoms with E-state index in [1.165, 1.54) is 13.2 Å². The first-order chi connectivity index (χ1) is 8.58. The monoisotopic (exact) mass is 267 g/mol. The summed E-state index contributed by atoms with van der Waals surface area (Å²) in [5, 5.41) is 9.66. The predicted molar refractivity (Wildman–Crippen MR) is 66.2 cm³/mol.